The minimum absolute atomic E-state index is 0.0231. The van der Waals surface area contributed by atoms with Crippen molar-refractivity contribution in [2.75, 3.05) is 27.1 Å². The molecular weight excluding hydrogens is 196 g/mol. The van der Waals surface area contributed by atoms with Gasteiger partial charge in [-0.15, -0.1) is 0 Å². The first-order valence-corrected chi connectivity index (χ1v) is 4.85. The molecule has 2 rings (SSSR count). The van der Waals surface area contributed by atoms with E-state index in [0.717, 1.165) is 11.5 Å². The molecule has 1 aromatic carbocycles. The largest absolute Gasteiger partial charge is 0.493 e. The molecule has 0 spiro atoms. The maximum absolute atomic E-state index is 5.58. The van der Waals surface area contributed by atoms with E-state index in [1.165, 1.54) is 0 Å². The van der Waals surface area contributed by atoms with Crippen LogP contribution in [0.5, 0.6) is 11.5 Å². The number of methoxy groups -OCH3 is 1. The van der Waals surface area contributed by atoms with Gasteiger partial charge in [-0.05, 0) is 12.1 Å². The number of hydrogen-bond acceptors (Lipinski definition) is 4. The molecule has 1 saturated heterocycles. The summed E-state index contributed by atoms with van der Waals surface area (Å²) >= 11 is 0. The summed E-state index contributed by atoms with van der Waals surface area (Å²) in [4.78, 5) is 0. The van der Waals surface area contributed by atoms with Gasteiger partial charge in [0.25, 0.3) is 0 Å². The molecule has 1 aliphatic heterocycles. The van der Waals surface area contributed by atoms with Crippen molar-refractivity contribution in [2.45, 2.75) is 6.10 Å². The zero-order valence-electron chi connectivity index (χ0n) is 8.64. The third-order valence-electron chi connectivity index (χ3n) is 2.18. The average Bonchev–Trinajstić information content (AvgIpc) is 2.79. The fraction of sp³-hybridized carbons (Fsp3) is 0.455. The summed E-state index contributed by atoms with van der Waals surface area (Å²) in [6.45, 7) is 1.44. The highest BCUT2D eigenvalue weighted by atomic mass is 16.7. The van der Waals surface area contributed by atoms with Gasteiger partial charge in [-0.1, -0.05) is 12.1 Å². The molecule has 4 heteroatoms. The lowest BCUT2D eigenvalue weighted by atomic mass is 10.3. The standard InChI is InChI=1S/C11H14O4/c1-12-10-4-2-3-5-11(10)14-7-9-6-13-8-15-9/h2-5,9H,6-8H2,1H3. The molecule has 1 heterocycles. The van der Waals surface area contributed by atoms with E-state index in [1.807, 2.05) is 24.3 Å². The smallest absolute Gasteiger partial charge is 0.161 e. The fourth-order valence-electron chi connectivity index (χ4n) is 1.39. The van der Waals surface area contributed by atoms with Crippen LogP contribution in [0.25, 0.3) is 0 Å². The van der Waals surface area contributed by atoms with E-state index in [9.17, 15) is 0 Å². The van der Waals surface area contributed by atoms with E-state index in [2.05, 4.69) is 0 Å². The van der Waals surface area contributed by atoms with Gasteiger partial charge in [0.2, 0.25) is 0 Å². The lowest BCUT2D eigenvalue weighted by Gasteiger charge is -2.12. The number of ether oxygens (including phenoxy) is 4. The van der Waals surface area contributed by atoms with E-state index in [-0.39, 0.29) is 6.10 Å². The number of benzene rings is 1. The molecule has 0 aliphatic carbocycles. The van der Waals surface area contributed by atoms with Crippen molar-refractivity contribution < 1.29 is 18.9 Å². The second-order valence-corrected chi connectivity index (χ2v) is 3.24. The Labute approximate surface area is 88.7 Å². The quantitative estimate of drug-likeness (QED) is 0.753. The fourth-order valence-corrected chi connectivity index (χ4v) is 1.39. The van der Waals surface area contributed by atoms with Crippen molar-refractivity contribution in [2.24, 2.45) is 0 Å². The van der Waals surface area contributed by atoms with Crippen molar-refractivity contribution in [3.8, 4) is 11.5 Å². The van der Waals surface area contributed by atoms with Crippen molar-refractivity contribution in [1.82, 2.24) is 0 Å². The molecule has 1 fully saturated rings. The second-order valence-electron chi connectivity index (χ2n) is 3.24. The highest BCUT2D eigenvalue weighted by molar-refractivity contribution is 5.39. The van der Waals surface area contributed by atoms with Gasteiger partial charge >= 0.3 is 0 Å². The highest BCUT2D eigenvalue weighted by Crippen LogP contribution is 2.26. The van der Waals surface area contributed by atoms with E-state index in [0.29, 0.717) is 20.0 Å². The number of rotatable bonds is 4. The molecule has 1 aromatic rings. The minimum atomic E-state index is 0.0231. The first-order chi connectivity index (χ1) is 7.40. The van der Waals surface area contributed by atoms with Crippen LogP contribution >= 0.6 is 0 Å². The molecule has 0 aromatic heterocycles. The Kier molecular flexibility index (Phi) is 3.42. The van der Waals surface area contributed by atoms with Crippen LogP contribution in [0.3, 0.4) is 0 Å². The van der Waals surface area contributed by atoms with E-state index in [4.69, 9.17) is 18.9 Å². The van der Waals surface area contributed by atoms with Gasteiger partial charge < -0.3 is 18.9 Å². The Morgan fingerprint density at radius 2 is 2.13 bits per heavy atom. The Bertz CT molecular complexity index is 307. The second kappa shape index (κ2) is 5.00. The summed E-state index contributed by atoms with van der Waals surface area (Å²) in [7, 11) is 1.62. The van der Waals surface area contributed by atoms with Gasteiger partial charge in [0.05, 0.1) is 13.7 Å². The van der Waals surface area contributed by atoms with Crippen LogP contribution in [0, 0.1) is 0 Å². The molecule has 0 bridgehead atoms. The van der Waals surface area contributed by atoms with Crippen LogP contribution in [-0.2, 0) is 9.47 Å². The molecule has 4 nitrogen and oxygen atoms in total. The molecule has 0 N–H and O–H groups in total. The number of para-hydroxylation sites is 2. The van der Waals surface area contributed by atoms with Gasteiger partial charge in [0.1, 0.15) is 19.5 Å². The van der Waals surface area contributed by atoms with Gasteiger partial charge in [-0.25, -0.2) is 0 Å². The Morgan fingerprint density at radius 1 is 1.33 bits per heavy atom. The van der Waals surface area contributed by atoms with Gasteiger partial charge in [-0.2, -0.15) is 0 Å². The van der Waals surface area contributed by atoms with E-state index in [1.54, 1.807) is 7.11 Å². The maximum Gasteiger partial charge on any atom is 0.161 e. The Morgan fingerprint density at radius 3 is 2.80 bits per heavy atom. The summed E-state index contributed by atoms with van der Waals surface area (Å²) in [6, 6.07) is 7.54. The lowest BCUT2D eigenvalue weighted by Crippen LogP contribution is -2.19. The van der Waals surface area contributed by atoms with Gasteiger partial charge in [0, 0.05) is 0 Å². The molecular formula is C11H14O4. The van der Waals surface area contributed by atoms with Crippen LogP contribution in [0.4, 0.5) is 0 Å². The van der Waals surface area contributed by atoms with Crippen molar-refractivity contribution in [3.63, 3.8) is 0 Å². The molecule has 82 valence electrons. The van der Waals surface area contributed by atoms with E-state index >= 15 is 0 Å². The minimum Gasteiger partial charge on any atom is -0.493 e. The predicted octanol–water partition coefficient (Wildman–Crippen LogP) is 1.45. The average molecular weight is 210 g/mol. The van der Waals surface area contributed by atoms with Gasteiger partial charge in [0.15, 0.2) is 11.5 Å². The zero-order chi connectivity index (χ0) is 10.5. The van der Waals surface area contributed by atoms with Crippen molar-refractivity contribution in [1.29, 1.82) is 0 Å². The maximum atomic E-state index is 5.58. The van der Waals surface area contributed by atoms with Crippen LogP contribution in [0.1, 0.15) is 0 Å². The number of hydrogen-bond donors (Lipinski definition) is 0. The molecule has 1 unspecified atom stereocenters. The molecule has 0 radical (unpaired) electrons. The first kappa shape index (κ1) is 10.3. The van der Waals surface area contributed by atoms with Crippen LogP contribution in [0.15, 0.2) is 24.3 Å². The first-order valence-electron chi connectivity index (χ1n) is 4.85. The molecule has 1 aliphatic rings. The molecule has 15 heavy (non-hydrogen) atoms. The summed E-state index contributed by atoms with van der Waals surface area (Å²) in [5, 5.41) is 0. The topological polar surface area (TPSA) is 36.9 Å². The van der Waals surface area contributed by atoms with Crippen molar-refractivity contribution in [3.05, 3.63) is 24.3 Å². The van der Waals surface area contributed by atoms with Crippen LogP contribution in [-0.4, -0.2) is 33.2 Å². The van der Waals surface area contributed by atoms with Crippen LogP contribution < -0.4 is 9.47 Å². The Hall–Kier alpha value is -1.26. The van der Waals surface area contributed by atoms with Crippen LogP contribution in [0.2, 0.25) is 0 Å². The normalized spacial score (nSPS) is 20.2. The molecule has 0 saturated carbocycles. The monoisotopic (exact) mass is 210 g/mol. The SMILES string of the molecule is COc1ccccc1OCC1COCO1. The summed E-state index contributed by atoms with van der Waals surface area (Å²) in [5.74, 6) is 1.46. The van der Waals surface area contributed by atoms with E-state index < -0.39 is 0 Å². The third-order valence-corrected chi connectivity index (χ3v) is 2.18. The molecule has 1 atom stereocenters. The highest BCUT2D eigenvalue weighted by Gasteiger charge is 2.17. The summed E-state index contributed by atoms with van der Waals surface area (Å²) in [6.07, 6.45) is 0.0231. The Balaban J connectivity index is 1.91. The van der Waals surface area contributed by atoms with Crippen molar-refractivity contribution >= 4 is 0 Å². The third kappa shape index (κ3) is 2.61. The van der Waals surface area contributed by atoms with Gasteiger partial charge in [-0.3, -0.25) is 0 Å². The summed E-state index contributed by atoms with van der Waals surface area (Å²) in [5.41, 5.74) is 0. The lowest BCUT2D eigenvalue weighted by molar-refractivity contribution is 0.0317. The molecule has 0 amide bonds. The zero-order valence-corrected chi connectivity index (χ0v) is 8.64. The predicted molar refractivity (Wildman–Crippen MR) is 54.2 cm³/mol. The summed E-state index contributed by atoms with van der Waals surface area (Å²) < 4.78 is 21.1.